The molecule has 2 aromatic carbocycles. The Kier molecular flexibility index (Phi) is 4.44. The van der Waals surface area contributed by atoms with E-state index in [0.717, 1.165) is 27.9 Å². The van der Waals surface area contributed by atoms with Crippen molar-refractivity contribution in [3.05, 3.63) is 60.3 Å². The van der Waals surface area contributed by atoms with E-state index in [4.69, 9.17) is 9.47 Å². The van der Waals surface area contributed by atoms with Gasteiger partial charge in [-0.3, -0.25) is 9.36 Å². The summed E-state index contributed by atoms with van der Waals surface area (Å²) < 4.78 is 12.4. The predicted molar refractivity (Wildman–Crippen MR) is 105 cm³/mol. The highest BCUT2D eigenvalue weighted by Crippen LogP contribution is 2.30. The van der Waals surface area contributed by atoms with Gasteiger partial charge in [-0.15, -0.1) is 10.2 Å². The lowest BCUT2D eigenvalue weighted by Gasteiger charge is -2.12. The van der Waals surface area contributed by atoms with Crippen molar-refractivity contribution in [2.45, 2.75) is 6.92 Å². The van der Waals surface area contributed by atoms with Gasteiger partial charge < -0.3 is 19.8 Å². The number of methoxy groups -OCH3 is 2. The number of anilines is 1. The molecule has 4 rings (SSSR count). The van der Waals surface area contributed by atoms with Gasteiger partial charge in [-0.25, -0.2) is 0 Å². The number of aromatic nitrogens is 4. The number of fused-ring (bicyclic) bond motifs is 1. The van der Waals surface area contributed by atoms with Crippen molar-refractivity contribution < 1.29 is 14.3 Å². The van der Waals surface area contributed by atoms with Crippen LogP contribution in [0, 0.1) is 6.92 Å². The summed E-state index contributed by atoms with van der Waals surface area (Å²) in [5.41, 5.74) is 3.56. The Morgan fingerprint density at radius 3 is 2.57 bits per heavy atom. The first-order valence-electron chi connectivity index (χ1n) is 8.61. The van der Waals surface area contributed by atoms with Crippen molar-refractivity contribution in [1.82, 2.24) is 19.7 Å². The van der Waals surface area contributed by atoms with Crippen LogP contribution >= 0.6 is 0 Å². The predicted octanol–water partition coefficient (Wildman–Crippen LogP) is 3.33. The third kappa shape index (κ3) is 3.05. The van der Waals surface area contributed by atoms with Crippen LogP contribution in [-0.4, -0.2) is 39.9 Å². The van der Waals surface area contributed by atoms with E-state index in [1.807, 2.05) is 31.2 Å². The minimum Gasteiger partial charge on any atom is -0.497 e. The lowest BCUT2D eigenvalue weighted by Crippen LogP contribution is -2.14. The first-order chi connectivity index (χ1) is 13.6. The molecule has 0 aliphatic heterocycles. The first-order valence-corrected chi connectivity index (χ1v) is 8.61. The van der Waals surface area contributed by atoms with E-state index < -0.39 is 0 Å². The lowest BCUT2D eigenvalue weighted by molar-refractivity contribution is 0.102. The van der Waals surface area contributed by atoms with Crippen LogP contribution in [-0.2, 0) is 0 Å². The molecule has 142 valence electrons. The summed E-state index contributed by atoms with van der Waals surface area (Å²) in [4.78, 5) is 16.1. The summed E-state index contributed by atoms with van der Waals surface area (Å²) in [7, 11) is 3.18. The molecular weight excluding hydrogens is 358 g/mol. The highest BCUT2D eigenvalue weighted by Gasteiger charge is 2.17. The van der Waals surface area contributed by atoms with Crippen LogP contribution in [0.5, 0.6) is 11.5 Å². The molecule has 4 aromatic rings. The molecule has 0 spiro atoms. The maximum Gasteiger partial charge on any atom is 0.272 e. The van der Waals surface area contributed by atoms with Crippen molar-refractivity contribution in [2.24, 2.45) is 0 Å². The monoisotopic (exact) mass is 377 g/mol. The van der Waals surface area contributed by atoms with Gasteiger partial charge in [0.1, 0.15) is 29.8 Å². The molecular formula is C20H19N5O3. The van der Waals surface area contributed by atoms with E-state index in [1.165, 1.54) is 0 Å². The van der Waals surface area contributed by atoms with Crippen LogP contribution in [0.15, 0.2) is 49.1 Å². The first kappa shape index (κ1) is 17.6. The second-order valence-corrected chi connectivity index (χ2v) is 6.24. The van der Waals surface area contributed by atoms with Gasteiger partial charge in [0.15, 0.2) is 0 Å². The van der Waals surface area contributed by atoms with Crippen LogP contribution in [0.3, 0.4) is 0 Å². The van der Waals surface area contributed by atoms with Crippen molar-refractivity contribution >= 4 is 22.5 Å². The molecule has 8 heteroatoms. The Balaban J connectivity index is 1.69. The number of benzene rings is 2. The second-order valence-electron chi connectivity index (χ2n) is 6.24. The number of H-pyrrole nitrogens is 1. The van der Waals surface area contributed by atoms with Gasteiger partial charge in [-0.2, -0.15) is 0 Å². The molecule has 0 saturated heterocycles. The zero-order valence-electron chi connectivity index (χ0n) is 15.7. The van der Waals surface area contributed by atoms with Gasteiger partial charge in [-0.1, -0.05) is 0 Å². The van der Waals surface area contributed by atoms with Crippen molar-refractivity contribution in [2.75, 3.05) is 19.5 Å². The number of ether oxygens (including phenoxy) is 2. The van der Waals surface area contributed by atoms with Crippen LogP contribution in [0.1, 0.15) is 16.1 Å². The third-order valence-electron chi connectivity index (χ3n) is 4.64. The van der Waals surface area contributed by atoms with Crippen molar-refractivity contribution in [3.8, 4) is 17.2 Å². The molecule has 2 aromatic heterocycles. The minimum absolute atomic E-state index is 0.258. The van der Waals surface area contributed by atoms with Gasteiger partial charge in [0, 0.05) is 10.9 Å². The number of amides is 1. The molecule has 2 N–H and O–H groups in total. The van der Waals surface area contributed by atoms with E-state index in [2.05, 4.69) is 20.5 Å². The molecule has 8 nitrogen and oxygen atoms in total. The third-order valence-corrected chi connectivity index (χ3v) is 4.64. The highest BCUT2D eigenvalue weighted by atomic mass is 16.5. The fraction of sp³-hybridized carbons (Fsp3) is 0.150. The van der Waals surface area contributed by atoms with Gasteiger partial charge in [0.05, 0.1) is 25.6 Å². The summed E-state index contributed by atoms with van der Waals surface area (Å²) in [5.74, 6) is 1.04. The van der Waals surface area contributed by atoms with Crippen LogP contribution in [0.2, 0.25) is 0 Å². The smallest absolute Gasteiger partial charge is 0.272 e. The zero-order chi connectivity index (χ0) is 19.7. The molecule has 0 bridgehead atoms. The standard InChI is InChI=1S/C20H19N5O3/c1-12-15-9-14(27-2)5-6-16(15)23-19(12)20(26)24-17-8-13(4-7-18(17)28-3)25-10-21-22-11-25/h4-11,23H,1-3H3,(H,24,26). The molecule has 2 heterocycles. The lowest BCUT2D eigenvalue weighted by atomic mass is 10.1. The number of nitrogens with zero attached hydrogens (tertiary/aromatic N) is 3. The highest BCUT2D eigenvalue weighted by molar-refractivity contribution is 6.08. The minimum atomic E-state index is -0.258. The van der Waals surface area contributed by atoms with Gasteiger partial charge >= 0.3 is 0 Å². The van der Waals surface area contributed by atoms with Crippen LogP contribution < -0.4 is 14.8 Å². The molecule has 0 aliphatic carbocycles. The normalized spacial score (nSPS) is 10.8. The summed E-state index contributed by atoms with van der Waals surface area (Å²) in [6.07, 6.45) is 3.17. The van der Waals surface area contributed by atoms with E-state index in [9.17, 15) is 4.79 Å². The number of aromatic amines is 1. The largest absolute Gasteiger partial charge is 0.497 e. The summed E-state index contributed by atoms with van der Waals surface area (Å²) in [5, 5.41) is 11.5. The summed E-state index contributed by atoms with van der Waals surface area (Å²) >= 11 is 0. The summed E-state index contributed by atoms with van der Waals surface area (Å²) in [6.45, 7) is 1.90. The molecule has 0 fully saturated rings. The number of carbonyl (C=O) groups excluding carboxylic acids is 1. The molecule has 0 radical (unpaired) electrons. The SMILES string of the molecule is COc1ccc2[nH]c(C(=O)Nc3cc(-n4cnnc4)ccc3OC)c(C)c2c1. The van der Waals surface area contributed by atoms with E-state index in [0.29, 0.717) is 17.1 Å². The molecule has 28 heavy (non-hydrogen) atoms. The number of nitrogens with one attached hydrogen (secondary N) is 2. The fourth-order valence-corrected chi connectivity index (χ4v) is 3.13. The Morgan fingerprint density at radius 2 is 1.86 bits per heavy atom. The molecule has 0 atom stereocenters. The fourth-order valence-electron chi connectivity index (χ4n) is 3.13. The Morgan fingerprint density at radius 1 is 1.07 bits per heavy atom. The van der Waals surface area contributed by atoms with Gasteiger partial charge in [0.2, 0.25) is 0 Å². The average molecular weight is 377 g/mol. The number of aryl methyl sites for hydroxylation is 1. The Labute approximate surface area is 161 Å². The average Bonchev–Trinajstić information content (AvgIpc) is 3.36. The maximum absolute atomic E-state index is 13.0. The van der Waals surface area contributed by atoms with Crippen LogP contribution in [0.25, 0.3) is 16.6 Å². The second kappa shape index (κ2) is 7.07. The number of rotatable bonds is 5. The Hall–Kier alpha value is -3.81. The van der Waals surface area contributed by atoms with Crippen molar-refractivity contribution in [3.63, 3.8) is 0 Å². The molecule has 1 amide bonds. The topological polar surface area (TPSA) is 94.1 Å². The van der Waals surface area contributed by atoms with Crippen LogP contribution in [0.4, 0.5) is 5.69 Å². The zero-order valence-corrected chi connectivity index (χ0v) is 15.7. The summed E-state index contributed by atoms with van der Waals surface area (Å²) in [6, 6.07) is 11.1. The molecule has 0 aliphatic rings. The quantitative estimate of drug-likeness (QED) is 0.556. The van der Waals surface area contributed by atoms with E-state index in [1.54, 1.807) is 43.6 Å². The molecule has 0 unspecified atom stereocenters. The number of carbonyl (C=O) groups is 1. The van der Waals surface area contributed by atoms with Gasteiger partial charge in [-0.05, 0) is 48.9 Å². The number of hydrogen-bond acceptors (Lipinski definition) is 5. The number of hydrogen-bond donors (Lipinski definition) is 2. The van der Waals surface area contributed by atoms with Gasteiger partial charge in [0.25, 0.3) is 5.91 Å². The van der Waals surface area contributed by atoms with E-state index in [-0.39, 0.29) is 5.91 Å². The van der Waals surface area contributed by atoms with E-state index >= 15 is 0 Å². The van der Waals surface area contributed by atoms with Crippen molar-refractivity contribution in [1.29, 1.82) is 0 Å². The Bertz CT molecular complexity index is 1150. The maximum atomic E-state index is 13.0. The molecule has 0 saturated carbocycles.